The summed E-state index contributed by atoms with van der Waals surface area (Å²) in [6.45, 7) is 8.51. The van der Waals surface area contributed by atoms with E-state index in [-0.39, 0.29) is 0 Å². The van der Waals surface area contributed by atoms with Gasteiger partial charge in [0.1, 0.15) is 5.75 Å². The van der Waals surface area contributed by atoms with Crippen molar-refractivity contribution in [3.63, 3.8) is 0 Å². The van der Waals surface area contributed by atoms with Crippen LogP contribution in [-0.2, 0) is 0 Å². The smallest absolute Gasteiger partial charge is 0.124 e. The Morgan fingerprint density at radius 1 is 1.25 bits per heavy atom. The molecule has 2 heteroatoms. The zero-order chi connectivity index (χ0) is 14.4. The highest BCUT2D eigenvalue weighted by Crippen LogP contribution is 2.42. The number of ether oxygens (including phenoxy) is 1. The van der Waals surface area contributed by atoms with Crippen LogP contribution in [0.2, 0.25) is 0 Å². The van der Waals surface area contributed by atoms with Gasteiger partial charge in [-0.2, -0.15) is 0 Å². The van der Waals surface area contributed by atoms with E-state index in [0.29, 0.717) is 6.04 Å². The fourth-order valence-electron chi connectivity index (χ4n) is 3.49. The minimum atomic E-state index is 0.440. The van der Waals surface area contributed by atoms with E-state index in [1.165, 1.54) is 31.2 Å². The van der Waals surface area contributed by atoms with E-state index in [4.69, 9.17) is 4.74 Å². The molecule has 3 unspecified atom stereocenters. The molecular weight excluding hydrogens is 246 g/mol. The van der Waals surface area contributed by atoms with Crippen molar-refractivity contribution in [3.05, 3.63) is 29.8 Å². The largest absolute Gasteiger partial charge is 0.494 e. The van der Waals surface area contributed by atoms with Crippen molar-refractivity contribution in [3.8, 4) is 5.75 Å². The number of nitrogens with one attached hydrogen (secondary N) is 1. The van der Waals surface area contributed by atoms with Crippen molar-refractivity contribution in [2.24, 2.45) is 11.8 Å². The second kappa shape index (κ2) is 7.68. The van der Waals surface area contributed by atoms with Gasteiger partial charge in [0.15, 0.2) is 0 Å². The van der Waals surface area contributed by atoms with Gasteiger partial charge in [0.05, 0.1) is 6.61 Å². The van der Waals surface area contributed by atoms with Crippen molar-refractivity contribution >= 4 is 0 Å². The quantitative estimate of drug-likeness (QED) is 0.787. The molecule has 0 aliphatic heterocycles. The van der Waals surface area contributed by atoms with Crippen LogP contribution in [0.15, 0.2) is 24.3 Å². The maximum absolute atomic E-state index is 5.85. The van der Waals surface area contributed by atoms with Crippen molar-refractivity contribution in [2.75, 3.05) is 13.2 Å². The molecule has 1 fully saturated rings. The Bertz CT molecular complexity index is 404. The van der Waals surface area contributed by atoms with Gasteiger partial charge in [-0.3, -0.25) is 0 Å². The topological polar surface area (TPSA) is 21.3 Å². The third kappa shape index (κ3) is 3.54. The first-order chi connectivity index (χ1) is 9.77. The van der Waals surface area contributed by atoms with E-state index in [9.17, 15) is 0 Å². The fourth-order valence-corrected chi connectivity index (χ4v) is 3.49. The Kier molecular flexibility index (Phi) is 5.90. The highest BCUT2D eigenvalue weighted by Gasteiger charge is 2.32. The summed E-state index contributed by atoms with van der Waals surface area (Å²) in [7, 11) is 0. The summed E-state index contributed by atoms with van der Waals surface area (Å²) in [5, 5.41) is 3.78. The van der Waals surface area contributed by atoms with Crippen LogP contribution in [0.4, 0.5) is 0 Å². The van der Waals surface area contributed by atoms with Gasteiger partial charge in [0.2, 0.25) is 0 Å². The molecule has 1 aromatic carbocycles. The van der Waals surface area contributed by atoms with Crippen molar-refractivity contribution < 1.29 is 4.74 Å². The number of rotatable bonds is 7. The van der Waals surface area contributed by atoms with E-state index in [0.717, 1.165) is 30.7 Å². The van der Waals surface area contributed by atoms with E-state index < -0.39 is 0 Å². The minimum absolute atomic E-state index is 0.440. The second-order valence-corrected chi connectivity index (χ2v) is 5.97. The summed E-state index contributed by atoms with van der Waals surface area (Å²) >= 11 is 0. The van der Waals surface area contributed by atoms with Gasteiger partial charge < -0.3 is 10.1 Å². The molecule has 0 heterocycles. The van der Waals surface area contributed by atoms with Crippen LogP contribution in [-0.4, -0.2) is 13.2 Å². The molecule has 0 radical (unpaired) electrons. The molecule has 1 N–H and O–H groups in total. The third-order valence-corrected chi connectivity index (χ3v) is 4.52. The molecule has 0 saturated heterocycles. The second-order valence-electron chi connectivity index (χ2n) is 5.97. The lowest BCUT2D eigenvalue weighted by Gasteiger charge is -2.30. The monoisotopic (exact) mass is 275 g/mol. The van der Waals surface area contributed by atoms with Crippen LogP contribution in [0.3, 0.4) is 0 Å². The Morgan fingerprint density at radius 2 is 2.05 bits per heavy atom. The molecule has 0 aromatic heterocycles. The van der Waals surface area contributed by atoms with Crippen LogP contribution in [0.1, 0.15) is 58.1 Å². The third-order valence-electron chi connectivity index (χ3n) is 4.52. The van der Waals surface area contributed by atoms with Crippen LogP contribution in [0.25, 0.3) is 0 Å². The van der Waals surface area contributed by atoms with Gasteiger partial charge >= 0.3 is 0 Å². The maximum atomic E-state index is 5.85. The van der Waals surface area contributed by atoms with Crippen LogP contribution in [0, 0.1) is 11.8 Å². The molecular formula is C18H29NO. The lowest BCUT2D eigenvalue weighted by molar-refractivity contribution is 0.283. The summed E-state index contributed by atoms with van der Waals surface area (Å²) in [6.07, 6.45) is 5.25. The zero-order valence-corrected chi connectivity index (χ0v) is 13.2. The molecule has 1 aromatic rings. The first-order valence-corrected chi connectivity index (χ1v) is 8.23. The molecule has 20 heavy (non-hydrogen) atoms. The number of para-hydroxylation sites is 1. The molecule has 0 spiro atoms. The number of hydrogen-bond donors (Lipinski definition) is 1. The maximum Gasteiger partial charge on any atom is 0.124 e. The zero-order valence-electron chi connectivity index (χ0n) is 13.2. The van der Waals surface area contributed by atoms with Crippen LogP contribution in [0.5, 0.6) is 5.75 Å². The minimum Gasteiger partial charge on any atom is -0.494 e. The number of hydrogen-bond acceptors (Lipinski definition) is 2. The summed E-state index contributed by atoms with van der Waals surface area (Å²) in [5.41, 5.74) is 1.35. The highest BCUT2D eigenvalue weighted by atomic mass is 16.5. The van der Waals surface area contributed by atoms with E-state index in [2.05, 4.69) is 50.4 Å². The van der Waals surface area contributed by atoms with Crippen molar-refractivity contribution in [1.82, 2.24) is 5.32 Å². The van der Waals surface area contributed by atoms with Gasteiger partial charge in [-0.1, -0.05) is 44.9 Å². The molecule has 1 saturated carbocycles. The Balaban J connectivity index is 2.25. The van der Waals surface area contributed by atoms with Crippen LogP contribution < -0.4 is 10.1 Å². The summed E-state index contributed by atoms with van der Waals surface area (Å²) in [6, 6.07) is 9.00. The van der Waals surface area contributed by atoms with Crippen molar-refractivity contribution in [1.29, 1.82) is 0 Å². The van der Waals surface area contributed by atoms with E-state index in [1.807, 2.05) is 0 Å². The number of benzene rings is 1. The lowest BCUT2D eigenvalue weighted by atomic mass is 9.85. The molecule has 0 amide bonds. The highest BCUT2D eigenvalue weighted by molar-refractivity contribution is 5.36. The van der Waals surface area contributed by atoms with Gasteiger partial charge in [0, 0.05) is 11.6 Å². The molecule has 1 aliphatic rings. The van der Waals surface area contributed by atoms with Gasteiger partial charge in [-0.25, -0.2) is 0 Å². The first-order valence-electron chi connectivity index (χ1n) is 8.23. The fraction of sp³-hybridized carbons (Fsp3) is 0.667. The summed E-state index contributed by atoms with van der Waals surface area (Å²) in [5.74, 6) is 2.60. The van der Waals surface area contributed by atoms with Crippen LogP contribution >= 0.6 is 0 Å². The van der Waals surface area contributed by atoms with E-state index >= 15 is 0 Å². The average Bonchev–Trinajstić information content (AvgIpc) is 2.88. The summed E-state index contributed by atoms with van der Waals surface area (Å²) in [4.78, 5) is 0. The molecule has 2 rings (SSSR count). The summed E-state index contributed by atoms with van der Waals surface area (Å²) < 4.78 is 5.85. The van der Waals surface area contributed by atoms with Gasteiger partial charge in [-0.15, -0.1) is 0 Å². The molecule has 2 nitrogen and oxygen atoms in total. The molecule has 1 aliphatic carbocycles. The van der Waals surface area contributed by atoms with Crippen molar-refractivity contribution in [2.45, 2.75) is 52.5 Å². The SMILES string of the molecule is CCCNC(c1ccccc1OCC)C1CCCC1C. The van der Waals surface area contributed by atoms with Gasteiger partial charge in [-0.05, 0) is 44.2 Å². The molecule has 112 valence electrons. The lowest BCUT2D eigenvalue weighted by Crippen LogP contribution is -2.30. The normalized spacial score (nSPS) is 23.8. The predicted octanol–water partition coefficient (Wildman–Crippen LogP) is 4.56. The standard InChI is InChI=1S/C18H29NO/c1-4-13-19-18(15-11-8-9-14(15)3)16-10-6-7-12-17(16)20-5-2/h6-7,10,12,14-15,18-19H,4-5,8-9,11,13H2,1-3H3. The Labute approximate surface area is 123 Å². The van der Waals surface area contributed by atoms with Gasteiger partial charge in [0.25, 0.3) is 0 Å². The Hall–Kier alpha value is -1.02. The first kappa shape index (κ1) is 15.4. The molecule has 0 bridgehead atoms. The average molecular weight is 275 g/mol. The molecule has 3 atom stereocenters. The Morgan fingerprint density at radius 3 is 2.70 bits per heavy atom. The predicted molar refractivity (Wildman–Crippen MR) is 85.2 cm³/mol. The van der Waals surface area contributed by atoms with E-state index in [1.54, 1.807) is 0 Å².